The summed E-state index contributed by atoms with van der Waals surface area (Å²) < 4.78 is 40.2. The minimum atomic E-state index is -4.45. The van der Waals surface area contributed by atoms with Crippen molar-refractivity contribution in [2.75, 3.05) is 5.32 Å². The van der Waals surface area contributed by atoms with Gasteiger partial charge in [-0.1, -0.05) is 17.8 Å². The van der Waals surface area contributed by atoms with Gasteiger partial charge >= 0.3 is 6.18 Å². The normalized spacial score (nSPS) is 15.9. The molecule has 1 heterocycles. The average Bonchev–Trinajstić information content (AvgIpc) is 3.31. The van der Waals surface area contributed by atoms with Gasteiger partial charge < -0.3 is 9.88 Å². The van der Waals surface area contributed by atoms with Crippen LogP contribution < -0.4 is 5.32 Å². The number of nitrogens with zero attached hydrogens (tertiary/aromatic N) is 3. The number of aromatic nitrogens is 3. The van der Waals surface area contributed by atoms with Crippen LogP contribution in [-0.4, -0.2) is 25.9 Å². The highest BCUT2D eigenvalue weighted by atomic mass is 32.2. The van der Waals surface area contributed by atoms with Crippen molar-refractivity contribution >= 4 is 23.4 Å². The summed E-state index contributed by atoms with van der Waals surface area (Å²) in [5.74, 6) is 0.419. The Morgan fingerprint density at radius 3 is 2.72 bits per heavy atom. The van der Waals surface area contributed by atoms with E-state index in [9.17, 15) is 18.0 Å². The molecule has 134 valence electrons. The van der Waals surface area contributed by atoms with Gasteiger partial charge in [0, 0.05) is 11.7 Å². The largest absolute Gasteiger partial charge is 0.416 e. The molecule has 0 bridgehead atoms. The molecule has 1 aliphatic rings. The molecule has 0 aliphatic heterocycles. The Morgan fingerprint density at radius 1 is 1.36 bits per heavy atom. The van der Waals surface area contributed by atoms with Gasteiger partial charge in [0.15, 0.2) is 5.16 Å². The van der Waals surface area contributed by atoms with Crippen LogP contribution in [0.15, 0.2) is 29.4 Å². The van der Waals surface area contributed by atoms with Crippen molar-refractivity contribution < 1.29 is 18.0 Å². The van der Waals surface area contributed by atoms with Crippen molar-refractivity contribution in [3.05, 3.63) is 35.7 Å². The van der Waals surface area contributed by atoms with Crippen molar-refractivity contribution in [1.29, 1.82) is 0 Å². The summed E-state index contributed by atoms with van der Waals surface area (Å²) in [6, 6.07) is 4.97. The molecule has 0 spiro atoms. The lowest BCUT2D eigenvalue weighted by molar-refractivity contribution is -0.137. The first kappa shape index (κ1) is 17.8. The van der Waals surface area contributed by atoms with E-state index in [1.165, 1.54) is 23.9 Å². The van der Waals surface area contributed by atoms with E-state index < -0.39 is 17.0 Å². The van der Waals surface area contributed by atoms with Gasteiger partial charge in [0.25, 0.3) is 0 Å². The van der Waals surface area contributed by atoms with Gasteiger partial charge in [-0.25, -0.2) is 0 Å². The number of carbonyl (C=O) groups excluding carboxylic acids is 1. The van der Waals surface area contributed by atoms with Crippen LogP contribution in [0.4, 0.5) is 18.9 Å². The van der Waals surface area contributed by atoms with Crippen molar-refractivity contribution in [2.45, 2.75) is 49.3 Å². The van der Waals surface area contributed by atoms with Gasteiger partial charge in [0.1, 0.15) is 5.82 Å². The van der Waals surface area contributed by atoms with Gasteiger partial charge in [-0.05, 0) is 44.9 Å². The first-order valence-electron chi connectivity index (χ1n) is 7.82. The third-order valence-electron chi connectivity index (χ3n) is 3.86. The summed E-state index contributed by atoms with van der Waals surface area (Å²) in [7, 11) is 0. The number of nitrogens with one attached hydrogen (secondary N) is 1. The highest BCUT2D eigenvalue weighted by molar-refractivity contribution is 8.00. The second kappa shape index (κ2) is 6.70. The van der Waals surface area contributed by atoms with Crippen molar-refractivity contribution in [1.82, 2.24) is 14.8 Å². The molecule has 1 aromatic carbocycles. The maximum Gasteiger partial charge on any atom is 0.416 e. The van der Waals surface area contributed by atoms with E-state index in [4.69, 9.17) is 0 Å². The van der Waals surface area contributed by atoms with Crippen LogP contribution in [0.5, 0.6) is 0 Å². The van der Waals surface area contributed by atoms with Crippen LogP contribution >= 0.6 is 11.8 Å². The predicted octanol–water partition coefficient (Wildman–Crippen LogP) is 4.06. The molecule has 1 aliphatic carbocycles. The molecule has 1 aromatic heterocycles. The molecule has 1 atom stereocenters. The summed E-state index contributed by atoms with van der Waals surface area (Å²) in [5, 5.41) is 10.8. The highest BCUT2D eigenvalue weighted by Gasteiger charge is 2.31. The molecule has 2 aromatic rings. The number of amides is 1. The maximum atomic E-state index is 12.7. The number of carbonyl (C=O) groups is 1. The fourth-order valence-electron chi connectivity index (χ4n) is 2.41. The van der Waals surface area contributed by atoms with Gasteiger partial charge in [0.05, 0.1) is 10.8 Å². The predicted molar refractivity (Wildman–Crippen MR) is 88.4 cm³/mol. The Balaban J connectivity index is 1.67. The lowest BCUT2D eigenvalue weighted by atomic mass is 10.2. The number of anilines is 1. The van der Waals surface area contributed by atoms with Crippen LogP contribution in [0.2, 0.25) is 0 Å². The Hall–Kier alpha value is -2.03. The zero-order valence-corrected chi connectivity index (χ0v) is 14.5. The number of alkyl halides is 3. The quantitative estimate of drug-likeness (QED) is 0.807. The molecule has 1 unspecified atom stereocenters. The first-order chi connectivity index (χ1) is 11.8. The topological polar surface area (TPSA) is 59.8 Å². The van der Waals surface area contributed by atoms with Crippen LogP contribution in [0.3, 0.4) is 0 Å². The lowest BCUT2D eigenvalue weighted by Crippen LogP contribution is -2.23. The molecule has 25 heavy (non-hydrogen) atoms. The average molecular weight is 370 g/mol. The van der Waals surface area contributed by atoms with E-state index >= 15 is 0 Å². The molecule has 0 radical (unpaired) electrons. The number of halogens is 3. The van der Waals surface area contributed by atoms with E-state index in [0.717, 1.165) is 30.8 Å². The molecule has 1 fully saturated rings. The van der Waals surface area contributed by atoms with E-state index in [-0.39, 0.29) is 11.6 Å². The van der Waals surface area contributed by atoms with Gasteiger partial charge in [0.2, 0.25) is 5.91 Å². The minimum absolute atomic E-state index is 0.118. The second-order valence-corrected chi connectivity index (χ2v) is 7.27. The molecule has 9 heteroatoms. The number of aryl methyl sites for hydroxylation is 1. The molecule has 1 N–H and O–H groups in total. The third kappa shape index (κ3) is 4.15. The minimum Gasteiger partial charge on any atom is -0.325 e. The Morgan fingerprint density at radius 2 is 2.08 bits per heavy atom. The van der Waals surface area contributed by atoms with Crippen molar-refractivity contribution in [3.8, 4) is 0 Å². The van der Waals surface area contributed by atoms with E-state index in [1.807, 2.05) is 11.5 Å². The molecular weight excluding hydrogens is 353 g/mol. The summed E-state index contributed by atoms with van der Waals surface area (Å²) >= 11 is 1.25. The Bertz CT molecular complexity index is 786. The van der Waals surface area contributed by atoms with E-state index in [2.05, 4.69) is 15.5 Å². The first-order valence-corrected chi connectivity index (χ1v) is 8.70. The van der Waals surface area contributed by atoms with E-state index in [0.29, 0.717) is 11.2 Å². The second-order valence-electron chi connectivity index (χ2n) is 5.96. The Labute approximate surface area is 147 Å². The smallest absolute Gasteiger partial charge is 0.325 e. The Kier molecular flexibility index (Phi) is 4.77. The SMILES string of the molecule is Cc1nnc(SC(C)C(=O)Nc2cccc(C(F)(F)F)c2)n1C1CC1. The molecule has 1 amide bonds. The standard InChI is InChI=1S/C16H17F3N4OS/c1-9(25-15-22-21-10(2)23(15)13-6-7-13)14(24)20-12-5-3-4-11(8-12)16(17,18)19/h3-5,8-9,13H,6-7H2,1-2H3,(H,20,24). The van der Waals surface area contributed by atoms with Crippen molar-refractivity contribution in [2.24, 2.45) is 0 Å². The van der Waals surface area contributed by atoms with Crippen LogP contribution in [0, 0.1) is 6.92 Å². The lowest BCUT2D eigenvalue weighted by Gasteiger charge is -2.14. The molecule has 1 saturated carbocycles. The third-order valence-corrected chi connectivity index (χ3v) is 4.91. The monoisotopic (exact) mass is 370 g/mol. The summed E-state index contributed by atoms with van der Waals surface area (Å²) in [5.41, 5.74) is -0.679. The number of rotatable bonds is 5. The van der Waals surface area contributed by atoms with Gasteiger partial charge in [-0.15, -0.1) is 10.2 Å². The molecule has 5 nitrogen and oxygen atoms in total. The van der Waals surface area contributed by atoms with E-state index in [1.54, 1.807) is 6.92 Å². The summed E-state index contributed by atoms with van der Waals surface area (Å²) in [6.07, 6.45) is -2.31. The number of thioether (sulfide) groups is 1. The zero-order chi connectivity index (χ0) is 18.2. The molecule has 0 saturated heterocycles. The van der Waals surface area contributed by atoms with Crippen LogP contribution in [0.1, 0.15) is 37.2 Å². The van der Waals surface area contributed by atoms with Crippen LogP contribution in [-0.2, 0) is 11.0 Å². The summed E-state index contributed by atoms with van der Waals surface area (Å²) in [6.45, 7) is 3.55. The number of hydrogen-bond donors (Lipinski definition) is 1. The number of benzene rings is 1. The van der Waals surface area contributed by atoms with Crippen molar-refractivity contribution in [3.63, 3.8) is 0 Å². The van der Waals surface area contributed by atoms with Gasteiger partial charge in [-0.3, -0.25) is 4.79 Å². The fraction of sp³-hybridized carbons (Fsp3) is 0.438. The fourth-order valence-corrected chi connectivity index (χ4v) is 3.38. The van der Waals surface area contributed by atoms with Gasteiger partial charge in [-0.2, -0.15) is 13.2 Å². The molecule has 3 rings (SSSR count). The maximum absolute atomic E-state index is 12.7. The molecular formula is C16H17F3N4OS. The number of hydrogen-bond acceptors (Lipinski definition) is 4. The van der Waals surface area contributed by atoms with Crippen LogP contribution in [0.25, 0.3) is 0 Å². The zero-order valence-electron chi connectivity index (χ0n) is 13.7. The summed E-state index contributed by atoms with van der Waals surface area (Å²) in [4.78, 5) is 12.3. The highest BCUT2D eigenvalue weighted by Crippen LogP contribution is 2.39.